The third-order valence-corrected chi connectivity index (χ3v) is 8.01. The summed E-state index contributed by atoms with van der Waals surface area (Å²) in [4.78, 5) is 0. The van der Waals surface area contributed by atoms with E-state index in [1.807, 2.05) is 0 Å². The van der Waals surface area contributed by atoms with Crippen LogP contribution in [-0.2, 0) is 18.9 Å². The van der Waals surface area contributed by atoms with Gasteiger partial charge in [0, 0.05) is 41.3 Å². The zero-order valence-electron chi connectivity index (χ0n) is 25.5. The van der Waals surface area contributed by atoms with Crippen molar-refractivity contribution in [2.45, 2.75) is 168 Å². The normalized spacial score (nSPS) is 13.7. The molecule has 0 heterocycles. The minimum absolute atomic E-state index is 0.0613. The van der Waals surface area contributed by atoms with E-state index in [2.05, 4.69) is 13.8 Å². The molecule has 2 atom stereocenters. The molecule has 36 heavy (non-hydrogen) atoms. The first kappa shape index (κ1) is 35.8. The second-order valence-electron chi connectivity index (χ2n) is 11.1. The minimum atomic E-state index is -0.0613. The average Bonchev–Trinajstić information content (AvgIpc) is 2.90. The number of rotatable bonds is 29. The van der Waals surface area contributed by atoms with Gasteiger partial charge in [0.05, 0.1) is 0 Å². The van der Waals surface area contributed by atoms with E-state index < -0.39 is 0 Å². The average molecular weight is 515 g/mol. The van der Waals surface area contributed by atoms with Gasteiger partial charge >= 0.3 is 0 Å². The van der Waals surface area contributed by atoms with Gasteiger partial charge in [-0.1, -0.05) is 142 Å². The lowest BCUT2D eigenvalue weighted by molar-refractivity contribution is -0.116. The van der Waals surface area contributed by atoms with E-state index in [9.17, 15) is 0 Å². The molecule has 0 aromatic carbocycles. The van der Waals surface area contributed by atoms with Crippen LogP contribution in [0.15, 0.2) is 0 Å². The van der Waals surface area contributed by atoms with Crippen LogP contribution in [-0.4, -0.2) is 41.0 Å². The Balaban J connectivity index is 4.45. The molecule has 0 N–H and O–H groups in total. The minimum Gasteiger partial charge on any atom is -0.356 e. The second kappa shape index (κ2) is 27.9. The van der Waals surface area contributed by atoms with Crippen molar-refractivity contribution in [1.29, 1.82) is 0 Å². The molecule has 0 saturated carbocycles. The van der Waals surface area contributed by atoms with Gasteiger partial charge in [-0.3, -0.25) is 0 Å². The largest absolute Gasteiger partial charge is 0.356 e. The summed E-state index contributed by atoms with van der Waals surface area (Å²) in [5, 5.41) is 0. The van der Waals surface area contributed by atoms with Gasteiger partial charge in [-0.05, 0) is 11.8 Å². The Bertz CT molecular complexity index is 371. The van der Waals surface area contributed by atoms with Crippen LogP contribution in [0.25, 0.3) is 0 Å². The van der Waals surface area contributed by atoms with Crippen LogP contribution in [0.2, 0.25) is 0 Å². The van der Waals surface area contributed by atoms with E-state index in [4.69, 9.17) is 18.9 Å². The summed E-state index contributed by atoms with van der Waals surface area (Å²) in [6, 6.07) is 0. The Morgan fingerprint density at radius 2 is 0.611 bits per heavy atom. The van der Waals surface area contributed by atoms with Crippen LogP contribution in [0.3, 0.4) is 0 Å². The fourth-order valence-electron chi connectivity index (χ4n) is 5.53. The van der Waals surface area contributed by atoms with Gasteiger partial charge < -0.3 is 18.9 Å². The van der Waals surface area contributed by atoms with Crippen LogP contribution >= 0.6 is 0 Å². The standard InChI is InChI=1S/C32H66O4/c1-7-9-11-13-15-17-19-23-29(27-31(33-3)34-4)25-21-22-26-30(28-32(35-5)36-6)24-20-18-16-14-12-10-8-2/h29-32H,7-28H2,1-6H3. The fourth-order valence-corrected chi connectivity index (χ4v) is 5.53. The van der Waals surface area contributed by atoms with Crippen LogP contribution in [0.1, 0.15) is 155 Å². The lowest BCUT2D eigenvalue weighted by atomic mass is 9.88. The highest BCUT2D eigenvalue weighted by Crippen LogP contribution is 2.27. The first-order valence-electron chi connectivity index (χ1n) is 15.8. The van der Waals surface area contributed by atoms with Crippen molar-refractivity contribution in [3.8, 4) is 0 Å². The van der Waals surface area contributed by atoms with Crippen molar-refractivity contribution in [2.75, 3.05) is 28.4 Å². The molecule has 0 fully saturated rings. The predicted octanol–water partition coefficient (Wildman–Crippen LogP) is 10.1. The number of methoxy groups -OCH3 is 4. The summed E-state index contributed by atoms with van der Waals surface area (Å²) in [6.45, 7) is 4.58. The Kier molecular flexibility index (Phi) is 27.7. The highest BCUT2D eigenvalue weighted by Gasteiger charge is 2.18. The Morgan fingerprint density at radius 1 is 0.361 bits per heavy atom. The molecule has 0 spiro atoms. The molecule has 0 aliphatic rings. The number of ether oxygens (including phenoxy) is 4. The molecular weight excluding hydrogens is 448 g/mol. The van der Waals surface area contributed by atoms with Crippen molar-refractivity contribution in [3.05, 3.63) is 0 Å². The Hall–Kier alpha value is -0.160. The Labute approximate surface area is 227 Å². The van der Waals surface area contributed by atoms with E-state index in [1.165, 1.54) is 128 Å². The van der Waals surface area contributed by atoms with Gasteiger partial charge in [0.2, 0.25) is 0 Å². The van der Waals surface area contributed by atoms with Gasteiger partial charge in [-0.15, -0.1) is 0 Å². The van der Waals surface area contributed by atoms with E-state index in [0.29, 0.717) is 11.8 Å². The van der Waals surface area contributed by atoms with Gasteiger partial charge in [-0.2, -0.15) is 0 Å². The lowest BCUT2D eigenvalue weighted by Gasteiger charge is -2.24. The zero-order chi connectivity index (χ0) is 26.7. The summed E-state index contributed by atoms with van der Waals surface area (Å²) in [5.74, 6) is 1.41. The smallest absolute Gasteiger partial charge is 0.157 e. The fraction of sp³-hybridized carbons (Fsp3) is 1.00. The van der Waals surface area contributed by atoms with Crippen molar-refractivity contribution in [1.82, 2.24) is 0 Å². The van der Waals surface area contributed by atoms with Gasteiger partial charge in [-0.25, -0.2) is 0 Å². The monoisotopic (exact) mass is 514 g/mol. The second-order valence-corrected chi connectivity index (χ2v) is 11.1. The predicted molar refractivity (Wildman–Crippen MR) is 156 cm³/mol. The molecule has 0 rings (SSSR count). The van der Waals surface area contributed by atoms with Gasteiger partial charge in [0.25, 0.3) is 0 Å². The van der Waals surface area contributed by atoms with Crippen molar-refractivity contribution < 1.29 is 18.9 Å². The molecule has 0 saturated heterocycles. The maximum absolute atomic E-state index is 5.55. The molecule has 2 unspecified atom stereocenters. The third kappa shape index (κ3) is 21.9. The third-order valence-electron chi connectivity index (χ3n) is 8.01. The van der Waals surface area contributed by atoms with E-state index in [1.54, 1.807) is 28.4 Å². The topological polar surface area (TPSA) is 36.9 Å². The van der Waals surface area contributed by atoms with Gasteiger partial charge in [0.1, 0.15) is 0 Å². The quantitative estimate of drug-likeness (QED) is 0.0735. The summed E-state index contributed by atoms with van der Waals surface area (Å²) in [5.41, 5.74) is 0. The molecule has 218 valence electrons. The Morgan fingerprint density at radius 3 is 0.889 bits per heavy atom. The molecule has 0 amide bonds. The highest BCUT2D eigenvalue weighted by molar-refractivity contribution is 4.67. The molecule has 4 heteroatoms. The van der Waals surface area contributed by atoms with Crippen molar-refractivity contribution in [3.63, 3.8) is 0 Å². The maximum atomic E-state index is 5.55. The molecule has 0 aliphatic carbocycles. The molecule has 0 aromatic heterocycles. The molecule has 0 bridgehead atoms. The summed E-state index contributed by atoms with van der Waals surface area (Å²) < 4.78 is 22.2. The van der Waals surface area contributed by atoms with Crippen LogP contribution in [0.5, 0.6) is 0 Å². The molecule has 0 radical (unpaired) electrons. The van der Waals surface area contributed by atoms with Crippen LogP contribution in [0, 0.1) is 11.8 Å². The van der Waals surface area contributed by atoms with Crippen molar-refractivity contribution in [2.24, 2.45) is 11.8 Å². The SMILES string of the molecule is CCCCCCCCCC(CCCCC(CCCCCCCCC)CC(OC)OC)CC(OC)OC. The summed E-state index contributed by atoms with van der Waals surface area (Å²) in [6.07, 6.45) is 29.0. The number of hydrogen-bond donors (Lipinski definition) is 0. The first-order valence-corrected chi connectivity index (χ1v) is 15.8. The van der Waals surface area contributed by atoms with Crippen molar-refractivity contribution >= 4 is 0 Å². The zero-order valence-corrected chi connectivity index (χ0v) is 25.5. The van der Waals surface area contributed by atoms with E-state index >= 15 is 0 Å². The number of hydrogen-bond acceptors (Lipinski definition) is 4. The molecule has 0 aliphatic heterocycles. The molecule has 0 aromatic rings. The summed E-state index contributed by atoms with van der Waals surface area (Å²) >= 11 is 0. The molecule has 4 nitrogen and oxygen atoms in total. The van der Waals surface area contributed by atoms with Gasteiger partial charge in [0.15, 0.2) is 12.6 Å². The van der Waals surface area contributed by atoms with E-state index in [-0.39, 0.29) is 12.6 Å². The van der Waals surface area contributed by atoms with E-state index in [0.717, 1.165) is 12.8 Å². The van der Waals surface area contributed by atoms with Crippen LogP contribution < -0.4 is 0 Å². The first-order chi connectivity index (χ1) is 17.6. The number of unbranched alkanes of at least 4 members (excludes halogenated alkanes) is 13. The summed E-state index contributed by atoms with van der Waals surface area (Å²) in [7, 11) is 7.09. The lowest BCUT2D eigenvalue weighted by Crippen LogP contribution is -2.19. The maximum Gasteiger partial charge on any atom is 0.157 e. The highest BCUT2D eigenvalue weighted by atomic mass is 16.7. The molecular formula is C32H66O4. The van der Waals surface area contributed by atoms with Crippen LogP contribution in [0.4, 0.5) is 0 Å².